The Balaban J connectivity index is 2.14. The predicted octanol–water partition coefficient (Wildman–Crippen LogP) is 3.93. The highest BCUT2D eigenvalue weighted by molar-refractivity contribution is 14.1. The highest BCUT2D eigenvalue weighted by Crippen LogP contribution is 2.22. The molecule has 1 atom stereocenters. The Kier molecular flexibility index (Phi) is 5.17. The van der Waals surface area contributed by atoms with Crippen molar-refractivity contribution in [2.75, 3.05) is 7.11 Å². The normalized spacial score (nSPS) is 11.8. The molecule has 0 aliphatic rings. The van der Waals surface area contributed by atoms with Crippen molar-refractivity contribution in [2.45, 2.75) is 13.0 Å². The predicted molar refractivity (Wildman–Crippen MR) is 88.0 cm³/mol. The van der Waals surface area contributed by atoms with Crippen molar-refractivity contribution in [2.24, 2.45) is 0 Å². The van der Waals surface area contributed by atoms with Crippen LogP contribution >= 0.6 is 22.6 Å². The third kappa shape index (κ3) is 3.72. The summed E-state index contributed by atoms with van der Waals surface area (Å²) < 4.78 is 19.5. The molecule has 0 radical (unpaired) electrons. The van der Waals surface area contributed by atoms with Crippen molar-refractivity contribution in [1.29, 1.82) is 0 Å². The first-order chi connectivity index (χ1) is 10.0. The number of ether oxygens (including phenoxy) is 1. The lowest BCUT2D eigenvalue weighted by atomic mass is 10.1. The molecular formula is C16H15FINO2. The second-order valence-corrected chi connectivity index (χ2v) is 5.73. The van der Waals surface area contributed by atoms with Gasteiger partial charge in [-0.3, -0.25) is 4.79 Å². The van der Waals surface area contributed by atoms with Crippen molar-refractivity contribution in [3.63, 3.8) is 0 Å². The standard InChI is InChI=1S/C16H15FINO2/c1-10(11-7-8-15(21-2)13(17)9-11)19-16(20)12-5-3-4-6-14(12)18/h3-10H,1-2H3,(H,19,20). The molecule has 3 nitrogen and oxygen atoms in total. The molecule has 1 amide bonds. The van der Waals surface area contributed by atoms with Crippen LogP contribution in [0.1, 0.15) is 28.9 Å². The topological polar surface area (TPSA) is 38.3 Å². The number of carbonyl (C=O) groups excluding carboxylic acids is 1. The van der Waals surface area contributed by atoms with E-state index in [-0.39, 0.29) is 17.7 Å². The maximum absolute atomic E-state index is 13.7. The van der Waals surface area contributed by atoms with Crippen LogP contribution in [0.4, 0.5) is 4.39 Å². The van der Waals surface area contributed by atoms with E-state index >= 15 is 0 Å². The zero-order valence-corrected chi connectivity index (χ0v) is 13.8. The van der Waals surface area contributed by atoms with E-state index in [0.717, 1.165) is 3.57 Å². The number of hydrogen-bond acceptors (Lipinski definition) is 2. The van der Waals surface area contributed by atoms with Crippen LogP contribution in [0.3, 0.4) is 0 Å². The quantitative estimate of drug-likeness (QED) is 0.792. The fraction of sp³-hybridized carbons (Fsp3) is 0.188. The van der Waals surface area contributed by atoms with Gasteiger partial charge in [-0.1, -0.05) is 18.2 Å². The van der Waals surface area contributed by atoms with Crippen LogP contribution in [0.2, 0.25) is 0 Å². The summed E-state index contributed by atoms with van der Waals surface area (Å²) >= 11 is 2.11. The Morgan fingerprint density at radius 2 is 2.00 bits per heavy atom. The van der Waals surface area contributed by atoms with Crippen LogP contribution in [0.25, 0.3) is 0 Å². The molecule has 0 saturated carbocycles. The lowest BCUT2D eigenvalue weighted by Crippen LogP contribution is -2.27. The van der Waals surface area contributed by atoms with Gasteiger partial charge in [0.25, 0.3) is 5.91 Å². The molecule has 1 N–H and O–H groups in total. The van der Waals surface area contributed by atoms with E-state index in [4.69, 9.17) is 4.74 Å². The SMILES string of the molecule is COc1ccc(C(C)NC(=O)c2ccccc2I)cc1F. The molecule has 5 heteroatoms. The van der Waals surface area contributed by atoms with Crippen molar-refractivity contribution >= 4 is 28.5 Å². The summed E-state index contributed by atoms with van der Waals surface area (Å²) in [5.41, 5.74) is 1.30. The number of carbonyl (C=O) groups is 1. The Hall–Kier alpha value is -1.63. The fourth-order valence-electron chi connectivity index (χ4n) is 1.96. The molecule has 2 rings (SSSR count). The lowest BCUT2D eigenvalue weighted by Gasteiger charge is -2.16. The minimum Gasteiger partial charge on any atom is -0.494 e. The van der Waals surface area contributed by atoms with Gasteiger partial charge in [0.2, 0.25) is 0 Å². The molecule has 110 valence electrons. The molecule has 0 aromatic heterocycles. The van der Waals surface area contributed by atoms with Gasteiger partial charge in [0.15, 0.2) is 11.6 Å². The maximum atomic E-state index is 13.7. The van der Waals surface area contributed by atoms with Gasteiger partial charge in [0.1, 0.15) is 0 Å². The molecule has 0 bridgehead atoms. The van der Waals surface area contributed by atoms with E-state index in [2.05, 4.69) is 27.9 Å². The number of rotatable bonds is 4. The second kappa shape index (κ2) is 6.89. The second-order valence-electron chi connectivity index (χ2n) is 4.57. The van der Waals surface area contributed by atoms with Crippen LogP contribution in [-0.4, -0.2) is 13.0 Å². The van der Waals surface area contributed by atoms with Gasteiger partial charge in [-0.2, -0.15) is 0 Å². The van der Waals surface area contributed by atoms with E-state index in [0.29, 0.717) is 11.1 Å². The average Bonchev–Trinajstić information content (AvgIpc) is 2.47. The molecule has 2 aromatic rings. The van der Waals surface area contributed by atoms with E-state index in [1.54, 1.807) is 18.2 Å². The first-order valence-corrected chi connectivity index (χ1v) is 7.49. The van der Waals surface area contributed by atoms with E-state index in [1.807, 2.05) is 25.1 Å². The van der Waals surface area contributed by atoms with Gasteiger partial charge >= 0.3 is 0 Å². The highest BCUT2D eigenvalue weighted by atomic mass is 127. The molecule has 0 heterocycles. The van der Waals surface area contributed by atoms with Crippen LogP contribution < -0.4 is 10.1 Å². The molecule has 2 aromatic carbocycles. The van der Waals surface area contributed by atoms with E-state index < -0.39 is 5.82 Å². The fourth-order valence-corrected chi connectivity index (χ4v) is 2.59. The monoisotopic (exact) mass is 399 g/mol. The summed E-state index contributed by atoms with van der Waals surface area (Å²) in [4.78, 5) is 12.2. The van der Waals surface area contributed by atoms with Crippen molar-refractivity contribution in [3.05, 3.63) is 63.0 Å². The summed E-state index contributed by atoms with van der Waals surface area (Å²) in [5, 5.41) is 2.87. The molecule has 0 aliphatic carbocycles. The minimum atomic E-state index is -0.439. The number of nitrogens with one attached hydrogen (secondary N) is 1. The summed E-state index contributed by atoms with van der Waals surface area (Å²) in [7, 11) is 1.42. The Morgan fingerprint density at radius 3 is 2.62 bits per heavy atom. The number of hydrogen-bond donors (Lipinski definition) is 1. The molecule has 0 aliphatic heterocycles. The van der Waals surface area contributed by atoms with Crippen LogP contribution in [-0.2, 0) is 0 Å². The minimum absolute atomic E-state index is 0.177. The molecule has 0 spiro atoms. The summed E-state index contributed by atoms with van der Waals surface area (Å²) in [6, 6.07) is 11.7. The zero-order valence-electron chi connectivity index (χ0n) is 11.7. The van der Waals surface area contributed by atoms with E-state index in [1.165, 1.54) is 13.2 Å². The summed E-state index contributed by atoms with van der Waals surface area (Å²) in [6.45, 7) is 1.81. The summed E-state index contributed by atoms with van der Waals surface area (Å²) in [5.74, 6) is -0.427. The Labute approximate surface area is 136 Å². The average molecular weight is 399 g/mol. The molecule has 0 fully saturated rings. The van der Waals surface area contributed by atoms with Gasteiger partial charge in [-0.05, 0) is 59.3 Å². The first-order valence-electron chi connectivity index (χ1n) is 6.41. The molecular weight excluding hydrogens is 384 g/mol. The Morgan fingerprint density at radius 1 is 1.29 bits per heavy atom. The van der Waals surface area contributed by atoms with Gasteiger partial charge in [-0.15, -0.1) is 0 Å². The molecule has 1 unspecified atom stereocenters. The van der Waals surface area contributed by atoms with Crippen LogP contribution in [0.5, 0.6) is 5.75 Å². The van der Waals surface area contributed by atoms with Crippen molar-refractivity contribution in [3.8, 4) is 5.75 Å². The maximum Gasteiger partial charge on any atom is 0.252 e. The molecule has 21 heavy (non-hydrogen) atoms. The third-order valence-electron chi connectivity index (χ3n) is 3.14. The Bertz CT molecular complexity index is 660. The highest BCUT2D eigenvalue weighted by Gasteiger charge is 2.15. The van der Waals surface area contributed by atoms with Crippen molar-refractivity contribution < 1.29 is 13.9 Å². The number of methoxy groups -OCH3 is 1. The smallest absolute Gasteiger partial charge is 0.252 e. The van der Waals surface area contributed by atoms with Crippen molar-refractivity contribution in [1.82, 2.24) is 5.32 Å². The van der Waals surface area contributed by atoms with Gasteiger partial charge in [0.05, 0.1) is 18.7 Å². The third-order valence-corrected chi connectivity index (χ3v) is 4.08. The molecule has 0 saturated heterocycles. The first kappa shape index (κ1) is 15.8. The van der Waals surface area contributed by atoms with Crippen LogP contribution in [0, 0.1) is 9.39 Å². The number of amides is 1. The lowest BCUT2D eigenvalue weighted by molar-refractivity contribution is 0.0939. The van der Waals surface area contributed by atoms with Crippen LogP contribution in [0.15, 0.2) is 42.5 Å². The summed E-state index contributed by atoms with van der Waals surface area (Å²) in [6.07, 6.45) is 0. The number of halogens is 2. The van der Waals surface area contributed by atoms with Gasteiger partial charge in [-0.25, -0.2) is 4.39 Å². The zero-order chi connectivity index (χ0) is 15.4. The largest absolute Gasteiger partial charge is 0.494 e. The van der Waals surface area contributed by atoms with Gasteiger partial charge < -0.3 is 10.1 Å². The number of benzene rings is 2. The van der Waals surface area contributed by atoms with Gasteiger partial charge in [0, 0.05) is 3.57 Å². The van der Waals surface area contributed by atoms with E-state index in [9.17, 15) is 9.18 Å².